The lowest BCUT2D eigenvalue weighted by Gasteiger charge is -2.21. The lowest BCUT2D eigenvalue weighted by molar-refractivity contribution is -0.118. The summed E-state index contributed by atoms with van der Waals surface area (Å²) in [6.07, 6.45) is 3.17. The Hall–Kier alpha value is -3.38. The van der Waals surface area contributed by atoms with Gasteiger partial charge in [-0.15, -0.1) is 0 Å². The lowest BCUT2D eigenvalue weighted by atomic mass is 9.94. The van der Waals surface area contributed by atoms with Crippen molar-refractivity contribution in [1.82, 2.24) is 9.88 Å². The summed E-state index contributed by atoms with van der Waals surface area (Å²) < 4.78 is 0. The number of primary amides is 1. The van der Waals surface area contributed by atoms with Gasteiger partial charge in [-0.2, -0.15) is 0 Å². The fourth-order valence-electron chi connectivity index (χ4n) is 4.19. The highest BCUT2D eigenvalue weighted by Gasteiger charge is 2.19. The van der Waals surface area contributed by atoms with Crippen molar-refractivity contribution in [2.24, 2.45) is 11.7 Å². The minimum Gasteiger partial charge on any atom is -0.366 e. The predicted octanol–water partition coefficient (Wildman–Crippen LogP) is 4.56. The Morgan fingerprint density at radius 2 is 1.94 bits per heavy atom. The van der Waals surface area contributed by atoms with Crippen LogP contribution in [-0.2, 0) is 4.79 Å². The smallest absolute Gasteiger partial charge is 0.250 e. The Bertz CT molecular complexity index is 1240. The van der Waals surface area contributed by atoms with Crippen LogP contribution in [0.4, 0.5) is 5.69 Å². The van der Waals surface area contributed by atoms with E-state index in [-0.39, 0.29) is 11.8 Å². The van der Waals surface area contributed by atoms with Gasteiger partial charge in [0.2, 0.25) is 5.91 Å². The number of fused-ring (bicyclic) bond motifs is 1. The topological polar surface area (TPSA) is 91.2 Å². The van der Waals surface area contributed by atoms with Crippen molar-refractivity contribution < 1.29 is 9.59 Å². The van der Waals surface area contributed by atoms with Crippen LogP contribution in [0, 0.1) is 12.8 Å². The summed E-state index contributed by atoms with van der Waals surface area (Å²) in [6, 6.07) is 11.7. The minimum absolute atomic E-state index is 0.0161. The van der Waals surface area contributed by atoms with Crippen LogP contribution in [0.25, 0.3) is 27.6 Å². The normalized spacial score (nSPS) is 14.6. The summed E-state index contributed by atoms with van der Waals surface area (Å²) >= 11 is 0. The Morgan fingerprint density at radius 3 is 2.59 bits per heavy atom. The van der Waals surface area contributed by atoms with Crippen molar-refractivity contribution in [3.63, 3.8) is 0 Å². The summed E-state index contributed by atoms with van der Waals surface area (Å²) in [5, 5.41) is 3.97. The second kappa shape index (κ2) is 8.63. The number of hydrogen-bond acceptors (Lipinski definition) is 3. The van der Waals surface area contributed by atoms with Crippen molar-refractivity contribution in [3.8, 4) is 11.1 Å². The minimum atomic E-state index is -0.457. The molecule has 0 aliphatic carbocycles. The van der Waals surface area contributed by atoms with E-state index in [1.54, 1.807) is 6.07 Å². The molecule has 0 bridgehead atoms. The van der Waals surface area contributed by atoms with Crippen LogP contribution in [0.5, 0.6) is 0 Å². The van der Waals surface area contributed by atoms with Crippen molar-refractivity contribution >= 4 is 34.0 Å². The molecule has 1 aliphatic heterocycles. The first kappa shape index (κ1) is 21.8. The molecule has 2 heterocycles. The number of carbonyl (C=O) groups excluding carboxylic acids is 2. The highest BCUT2D eigenvalue weighted by atomic mass is 16.2. The molecule has 2 amide bonds. The van der Waals surface area contributed by atoms with Crippen LogP contribution >= 0.6 is 0 Å². The zero-order chi connectivity index (χ0) is 23.0. The third kappa shape index (κ3) is 4.06. The zero-order valence-corrected chi connectivity index (χ0v) is 19.1. The molecule has 0 saturated heterocycles. The van der Waals surface area contributed by atoms with Crippen molar-refractivity contribution in [1.29, 1.82) is 0 Å². The Kier molecular flexibility index (Phi) is 5.89. The number of nitrogens with one attached hydrogen (secondary N) is 2. The van der Waals surface area contributed by atoms with Gasteiger partial charge in [0.05, 0.1) is 11.1 Å². The van der Waals surface area contributed by atoms with Gasteiger partial charge in [-0.1, -0.05) is 38.1 Å². The average Bonchev–Trinajstić information content (AvgIpc) is 3.20. The van der Waals surface area contributed by atoms with Gasteiger partial charge in [0.25, 0.3) is 5.91 Å². The molecule has 32 heavy (non-hydrogen) atoms. The average molecular weight is 431 g/mol. The van der Waals surface area contributed by atoms with E-state index >= 15 is 0 Å². The highest BCUT2D eigenvalue weighted by Crippen LogP contribution is 2.37. The fourth-order valence-corrected chi connectivity index (χ4v) is 4.19. The number of hydrogen-bond donors (Lipinski definition) is 3. The standard InChI is InChI=1S/C26H30N4O2/c1-15(2)26(32)29-22-7-5-6-18(16(22)3)19-8-9-20(25(27)31)24-21(19)14-23(28-24)17-10-12-30(4)13-11-17/h5-10,14-15,28H,11-13H2,1-4H3,(H2,27,31)(H,29,32). The first-order chi connectivity index (χ1) is 15.3. The van der Waals surface area contributed by atoms with Gasteiger partial charge < -0.3 is 20.9 Å². The van der Waals surface area contributed by atoms with E-state index in [1.807, 2.05) is 45.0 Å². The number of anilines is 1. The maximum Gasteiger partial charge on any atom is 0.250 e. The molecular formula is C26H30N4O2. The van der Waals surface area contributed by atoms with E-state index in [0.717, 1.165) is 58.5 Å². The van der Waals surface area contributed by atoms with Gasteiger partial charge in [-0.05, 0) is 60.9 Å². The first-order valence-corrected chi connectivity index (χ1v) is 11.0. The number of carbonyl (C=O) groups is 2. The van der Waals surface area contributed by atoms with Gasteiger partial charge >= 0.3 is 0 Å². The number of nitrogens with zero attached hydrogens (tertiary/aromatic N) is 1. The maximum atomic E-state index is 12.3. The van der Waals surface area contributed by atoms with Crippen molar-refractivity contribution in [3.05, 3.63) is 59.3 Å². The SMILES string of the molecule is Cc1c(NC(=O)C(C)C)cccc1-c1ccc(C(N)=O)c2[nH]c(C3=CCN(C)CC3)cc12. The molecule has 0 saturated carbocycles. The number of aromatic nitrogens is 1. The van der Waals surface area contributed by atoms with E-state index in [1.165, 1.54) is 5.57 Å². The van der Waals surface area contributed by atoms with E-state index in [4.69, 9.17) is 5.73 Å². The van der Waals surface area contributed by atoms with E-state index < -0.39 is 5.91 Å². The largest absolute Gasteiger partial charge is 0.366 e. The second-order valence-corrected chi connectivity index (χ2v) is 8.86. The van der Waals surface area contributed by atoms with E-state index in [0.29, 0.717) is 5.56 Å². The summed E-state index contributed by atoms with van der Waals surface area (Å²) in [6.45, 7) is 7.65. The first-order valence-electron chi connectivity index (χ1n) is 11.0. The van der Waals surface area contributed by atoms with Gasteiger partial charge in [0.15, 0.2) is 0 Å². The second-order valence-electron chi connectivity index (χ2n) is 8.86. The predicted molar refractivity (Wildman–Crippen MR) is 131 cm³/mol. The number of likely N-dealkylation sites (N-methyl/N-ethyl adjacent to an activating group) is 1. The monoisotopic (exact) mass is 430 g/mol. The Balaban J connectivity index is 1.86. The molecule has 1 aliphatic rings. The van der Waals surface area contributed by atoms with Gasteiger partial charge in [0, 0.05) is 35.8 Å². The van der Waals surface area contributed by atoms with Crippen LogP contribution in [0.2, 0.25) is 0 Å². The number of amides is 2. The molecule has 0 atom stereocenters. The summed E-state index contributed by atoms with van der Waals surface area (Å²) in [4.78, 5) is 30.1. The number of benzene rings is 2. The van der Waals surface area contributed by atoms with E-state index in [2.05, 4.69) is 34.4 Å². The Labute approximate surface area is 188 Å². The molecule has 0 radical (unpaired) electrons. The molecule has 2 aromatic carbocycles. The maximum absolute atomic E-state index is 12.3. The van der Waals surface area contributed by atoms with Crippen LogP contribution < -0.4 is 11.1 Å². The molecule has 166 valence electrons. The molecule has 0 unspecified atom stereocenters. The molecule has 6 nitrogen and oxygen atoms in total. The molecular weight excluding hydrogens is 400 g/mol. The summed E-state index contributed by atoms with van der Waals surface area (Å²) in [5.74, 6) is -0.575. The third-order valence-corrected chi connectivity index (χ3v) is 6.22. The molecule has 4 N–H and O–H groups in total. The summed E-state index contributed by atoms with van der Waals surface area (Å²) in [5.41, 5.74) is 13.0. The number of H-pyrrole nitrogens is 1. The number of rotatable bonds is 5. The summed E-state index contributed by atoms with van der Waals surface area (Å²) in [7, 11) is 2.11. The number of aromatic amines is 1. The van der Waals surface area contributed by atoms with Crippen LogP contribution in [-0.4, -0.2) is 41.8 Å². The highest BCUT2D eigenvalue weighted by molar-refractivity contribution is 6.10. The van der Waals surface area contributed by atoms with Gasteiger partial charge in [-0.25, -0.2) is 0 Å². The number of nitrogens with two attached hydrogens (primary N) is 1. The molecule has 1 aromatic heterocycles. The Morgan fingerprint density at radius 1 is 1.16 bits per heavy atom. The van der Waals surface area contributed by atoms with Crippen molar-refractivity contribution in [2.75, 3.05) is 25.5 Å². The van der Waals surface area contributed by atoms with Gasteiger partial charge in [-0.3, -0.25) is 9.59 Å². The third-order valence-electron chi connectivity index (χ3n) is 6.22. The molecule has 0 spiro atoms. The van der Waals surface area contributed by atoms with Crippen LogP contribution in [0.3, 0.4) is 0 Å². The van der Waals surface area contributed by atoms with Gasteiger partial charge in [0.1, 0.15) is 0 Å². The molecule has 6 heteroatoms. The molecule has 4 rings (SSSR count). The van der Waals surface area contributed by atoms with Crippen LogP contribution in [0.15, 0.2) is 42.5 Å². The quantitative estimate of drug-likeness (QED) is 0.554. The molecule has 0 fully saturated rings. The zero-order valence-electron chi connectivity index (χ0n) is 19.1. The lowest BCUT2D eigenvalue weighted by Crippen LogP contribution is -2.23. The van der Waals surface area contributed by atoms with Crippen molar-refractivity contribution in [2.45, 2.75) is 27.2 Å². The fraction of sp³-hybridized carbons (Fsp3) is 0.308. The molecule has 3 aromatic rings. The van der Waals surface area contributed by atoms with E-state index in [9.17, 15) is 9.59 Å². The van der Waals surface area contributed by atoms with Crippen LogP contribution in [0.1, 0.15) is 41.9 Å².